The number of benzene rings is 2. The summed E-state index contributed by atoms with van der Waals surface area (Å²) in [4.78, 5) is 12.8. The van der Waals surface area contributed by atoms with E-state index in [2.05, 4.69) is 38.1 Å². The number of thioether (sulfide) groups is 1. The molecule has 2 aromatic rings. The topological polar surface area (TPSA) is 26.3 Å². The first-order valence-electron chi connectivity index (χ1n) is 7.15. The summed E-state index contributed by atoms with van der Waals surface area (Å²) in [5.41, 5.74) is 1.08. The average Bonchev–Trinajstić information content (AvgIpc) is 2.45. The summed E-state index contributed by atoms with van der Waals surface area (Å²) in [7, 11) is 0. The second-order valence-electron chi connectivity index (χ2n) is 4.95. The molecule has 0 aliphatic rings. The molecule has 0 unspecified atom stereocenters. The second kappa shape index (κ2) is 7.32. The van der Waals surface area contributed by atoms with Gasteiger partial charge < -0.3 is 4.74 Å². The molecule has 0 spiro atoms. The van der Waals surface area contributed by atoms with Crippen LogP contribution in [0, 0.1) is 0 Å². The second-order valence-corrected chi connectivity index (χ2v) is 6.57. The molecule has 0 N–H and O–H groups in total. The van der Waals surface area contributed by atoms with Crippen LogP contribution in [-0.2, 0) is 9.53 Å². The van der Waals surface area contributed by atoms with Gasteiger partial charge in [-0.1, -0.05) is 44.2 Å². The van der Waals surface area contributed by atoms with Crippen molar-refractivity contribution in [2.45, 2.75) is 30.9 Å². The number of hydrogen-bond acceptors (Lipinski definition) is 3. The summed E-state index contributed by atoms with van der Waals surface area (Å²) in [6, 6.07) is 12.5. The van der Waals surface area contributed by atoms with Gasteiger partial charge in [-0.3, -0.25) is 0 Å². The standard InChI is InChI=1S/C18H20O2S/c1-4-20-18(19)12-10-16-15-8-6-5-7-14(15)9-11-17(16)21-13(2)3/h5-13H,4H2,1-3H3/b12-10+. The van der Waals surface area contributed by atoms with Crippen molar-refractivity contribution in [1.29, 1.82) is 0 Å². The fraction of sp³-hybridized carbons (Fsp3) is 0.278. The van der Waals surface area contributed by atoms with Crippen molar-refractivity contribution in [1.82, 2.24) is 0 Å². The molecule has 0 saturated heterocycles. The Morgan fingerprint density at radius 1 is 1.24 bits per heavy atom. The monoisotopic (exact) mass is 300 g/mol. The third-order valence-corrected chi connectivity index (χ3v) is 4.05. The SMILES string of the molecule is CCOC(=O)/C=C/c1c(SC(C)C)ccc2ccccc12. The maximum atomic E-state index is 11.6. The molecule has 110 valence electrons. The van der Waals surface area contributed by atoms with Gasteiger partial charge in [0, 0.05) is 16.2 Å². The molecular formula is C18H20O2S. The van der Waals surface area contributed by atoms with Crippen molar-refractivity contribution in [3.05, 3.63) is 48.0 Å². The van der Waals surface area contributed by atoms with Gasteiger partial charge in [-0.15, -0.1) is 11.8 Å². The van der Waals surface area contributed by atoms with E-state index in [1.165, 1.54) is 16.4 Å². The predicted octanol–water partition coefficient (Wildman–Crippen LogP) is 4.92. The molecule has 0 aliphatic heterocycles. The number of hydrogen-bond donors (Lipinski definition) is 0. The smallest absolute Gasteiger partial charge is 0.330 e. The average molecular weight is 300 g/mol. The van der Waals surface area contributed by atoms with E-state index >= 15 is 0 Å². The van der Waals surface area contributed by atoms with Crippen LogP contribution in [0.15, 0.2) is 47.4 Å². The van der Waals surface area contributed by atoms with E-state index in [0.717, 1.165) is 10.9 Å². The van der Waals surface area contributed by atoms with Crippen molar-refractivity contribution < 1.29 is 9.53 Å². The molecule has 2 rings (SSSR count). The first-order valence-corrected chi connectivity index (χ1v) is 8.03. The quantitative estimate of drug-likeness (QED) is 0.445. The fourth-order valence-electron chi connectivity index (χ4n) is 2.15. The Hall–Kier alpha value is -1.74. The van der Waals surface area contributed by atoms with Crippen molar-refractivity contribution in [3.63, 3.8) is 0 Å². The van der Waals surface area contributed by atoms with Gasteiger partial charge in [0.2, 0.25) is 0 Å². The molecule has 0 bridgehead atoms. The highest BCUT2D eigenvalue weighted by Gasteiger charge is 2.08. The summed E-state index contributed by atoms with van der Waals surface area (Å²) in [5, 5.41) is 2.82. The maximum absolute atomic E-state index is 11.6. The van der Waals surface area contributed by atoms with E-state index in [4.69, 9.17) is 4.74 Å². The van der Waals surface area contributed by atoms with E-state index in [0.29, 0.717) is 11.9 Å². The van der Waals surface area contributed by atoms with Gasteiger partial charge in [0.1, 0.15) is 0 Å². The number of carbonyl (C=O) groups excluding carboxylic acids is 1. The number of esters is 1. The maximum Gasteiger partial charge on any atom is 0.330 e. The minimum absolute atomic E-state index is 0.300. The van der Waals surface area contributed by atoms with Crippen molar-refractivity contribution in [3.8, 4) is 0 Å². The lowest BCUT2D eigenvalue weighted by atomic mass is 10.0. The Kier molecular flexibility index (Phi) is 5.45. The molecule has 0 aromatic heterocycles. The minimum Gasteiger partial charge on any atom is -0.463 e. The number of fused-ring (bicyclic) bond motifs is 1. The van der Waals surface area contributed by atoms with Gasteiger partial charge in [0.05, 0.1) is 6.61 Å². The normalized spacial score (nSPS) is 11.4. The van der Waals surface area contributed by atoms with Crippen LogP contribution in [0.25, 0.3) is 16.8 Å². The molecule has 0 aliphatic carbocycles. The number of rotatable bonds is 5. The summed E-state index contributed by atoms with van der Waals surface area (Å²) in [6.45, 7) is 6.54. The lowest BCUT2D eigenvalue weighted by Crippen LogP contribution is -1.99. The summed E-state index contributed by atoms with van der Waals surface area (Å²) in [6.07, 6.45) is 3.38. The van der Waals surface area contributed by atoms with E-state index in [9.17, 15) is 4.79 Å². The Bertz CT molecular complexity index is 659. The van der Waals surface area contributed by atoms with E-state index in [1.807, 2.05) is 25.1 Å². The summed E-state index contributed by atoms with van der Waals surface area (Å²) in [5.74, 6) is -0.300. The Balaban J connectivity index is 2.47. The van der Waals surface area contributed by atoms with Gasteiger partial charge in [-0.25, -0.2) is 4.79 Å². The lowest BCUT2D eigenvalue weighted by molar-refractivity contribution is -0.137. The molecule has 0 atom stereocenters. The Morgan fingerprint density at radius 2 is 2.00 bits per heavy atom. The van der Waals surface area contributed by atoms with Crippen LogP contribution in [0.3, 0.4) is 0 Å². The summed E-state index contributed by atoms with van der Waals surface area (Å²) >= 11 is 1.80. The van der Waals surface area contributed by atoms with Gasteiger partial charge in [-0.05, 0) is 35.4 Å². The molecule has 2 nitrogen and oxygen atoms in total. The third-order valence-electron chi connectivity index (χ3n) is 2.97. The van der Waals surface area contributed by atoms with E-state index in [1.54, 1.807) is 11.8 Å². The molecule has 0 amide bonds. The van der Waals surface area contributed by atoms with Gasteiger partial charge in [0.25, 0.3) is 0 Å². The highest BCUT2D eigenvalue weighted by atomic mass is 32.2. The van der Waals surface area contributed by atoms with Crippen LogP contribution >= 0.6 is 11.8 Å². The van der Waals surface area contributed by atoms with Crippen LogP contribution in [0.4, 0.5) is 0 Å². The number of ether oxygens (including phenoxy) is 1. The van der Waals surface area contributed by atoms with E-state index in [-0.39, 0.29) is 5.97 Å². The minimum atomic E-state index is -0.300. The molecule has 0 fully saturated rings. The van der Waals surface area contributed by atoms with Crippen molar-refractivity contribution >= 4 is 34.6 Å². The van der Waals surface area contributed by atoms with Gasteiger partial charge >= 0.3 is 5.97 Å². The van der Waals surface area contributed by atoms with Crippen molar-refractivity contribution in [2.24, 2.45) is 0 Å². The highest BCUT2D eigenvalue weighted by Crippen LogP contribution is 2.33. The zero-order chi connectivity index (χ0) is 15.2. The molecular weight excluding hydrogens is 280 g/mol. The first kappa shape index (κ1) is 15.6. The third kappa shape index (κ3) is 4.11. The molecule has 3 heteroatoms. The first-order chi connectivity index (χ1) is 10.1. The van der Waals surface area contributed by atoms with Crippen LogP contribution in [0.1, 0.15) is 26.3 Å². The largest absolute Gasteiger partial charge is 0.463 e. The predicted molar refractivity (Wildman–Crippen MR) is 90.6 cm³/mol. The van der Waals surface area contributed by atoms with E-state index < -0.39 is 0 Å². The molecule has 0 radical (unpaired) electrons. The van der Waals surface area contributed by atoms with Gasteiger partial charge in [0.15, 0.2) is 0 Å². The molecule has 0 heterocycles. The van der Waals surface area contributed by atoms with Gasteiger partial charge in [-0.2, -0.15) is 0 Å². The Morgan fingerprint density at radius 3 is 2.71 bits per heavy atom. The van der Waals surface area contributed by atoms with Crippen LogP contribution in [0.2, 0.25) is 0 Å². The zero-order valence-electron chi connectivity index (χ0n) is 12.6. The number of carbonyl (C=O) groups is 1. The highest BCUT2D eigenvalue weighted by molar-refractivity contribution is 8.00. The van der Waals surface area contributed by atoms with Crippen molar-refractivity contribution in [2.75, 3.05) is 6.61 Å². The van der Waals surface area contributed by atoms with Crippen LogP contribution < -0.4 is 0 Å². The summed E-state index contributed by atoms with van der Waals surface area (Å²) < 4.78 is 4.96. The zero-order valence-corrected chi connectivity index (χ0v) is 13.4. The van der Waals surface area contributed by atoms with Crippen LogP contribution in [0.5, 0.6) is 0 Å². The Labute approximate surface area is 130 Å². The van der Waals surface area contributed by atoms with Crippen LogP contribution in [-0.4, -0.2) is 17.8 Å². The molecule has 0 saturated carbocycles. The lowest BCUT2D eigenvalue weighted by Gasteiger charge is -2.11. The molecule has 2 aromatic carbocycles. The fourth-order valence-corrected chi connectivity index (χ4v) is 3.11. The molecule has 21 heavy (non-hydrogen) atoms.